The van der Waals surface area contributed by atoms with Gasteiger partial charge in [-0.05, 0) is 45.3 Å². The van der Waals surface area contributed by atoms with Gasteiger partial charge in [-0.25, -0.2) is 15.0 Å². The smallest absolute Gasteiger partial charge is 0.164 e. The quantitative estimate of drug-likeness (QED) is 0.169. The summed E-state index contributed by atoms with van der Waals surface area (Å²) in [5, 5.41) is 6.24. The largest absolute Gasteiger partial charge is 0.251 e. The fraction of sp³-hybridized carbons (Fsp3) is 0.0377. The molecule has 0 N–H and O–H groups in total. The third-order valence-corrected chi connectivity index (χ3v) is 12.6. The van der Waals surface area contributed by atoms with Crippen LogP contribution in [0.1, 0.15) is 34.2 Å². The first kappa shape index (κ1) is 34.1. The van der Waals surface area contributed by atoms with Gasteiger partial charge in [-0.2, -0.15) is 0 Å². The number of rotatable bonds is 6. The maximum atomic E-state index is 5.60. The van der Waals surface area contributed by atoms with Crippen LogP contribution in [0.15, 0.2) is 188 Å². The summed E-state index contributed by atoms with van der Waals surface area (Å²) in [5.74, 6) is 2.00. The van der Waals surface area contributed by atoms with Gasteiger partial charge in [0.2, 0.25) is 0 Å². The Morgan fingerprint density at radius 3 is 1.60 bits per heavy atom. The molecule has 0 saturated carbocycles. The molecule has 4 aliphatic rings. The summed E-state index contributed by atoms with van der Waals surface area (Å²) in [7, 11) is 1.21. The summed E-state index contributed by atoms with van der Waals surface area (Å²) in [6.07, 6.45) is 13.5. The molecule has 0 bridgehead atoms. The normalized spacial score (nSPS) is 15.5. The van der Waals surface area contributed by atoms with Gasteiger partial charge in [0.15, 0.2) is 17.5 Å². The van der Waals surface area contributed by atoms with Gasteiger partial charge < -0.3 is 0 Å². The number of aromatic nitrogens is 4. The van der Waals surface area contributed by atoms with Crippen LogP contribution in [0.3, 0.4) is 0 Å². The van der Waals surface area contributed by atoms with Gasteiger partial charge in [-0.3, -0.25) is 4.98 Å². The van der Waals surface area contributed by atoms with E-state index in [4.69, 9.17) is 19.9 Å². The maximum Gasteiger partial charge on any atom is 0.164 e. The molecule has 2 aliphatic carbocycles. The van der Waals surface area contributed by atoms with Crippen molar-refractivity contribution in [2.24, 2.45) is 0 Å². The van der Waals surface area contributed by atoms with Crippen LogP contribution in [0, 0.1) is 0 Å². The molecule has 0 amide bonds. The zero-order chi connectivity index (χ0) is 38.4. The van der Waals surface area contributed by atoms with E-state index in [1.165, 1.54) is 57.0 Å². The third-order valence-electron chi connectivity index (χ3n) is 11.3. The highest BCUT2D eigenvalue weighted by Gasteiger charge is 2.28. The van der Waals surface area contributed by atoms with Crippen LogP contribution in [0.4, 0.5) is 0 Å². The van der Waals surface area contributed by atoms with Gasteiger partial charge in [0.1, 0.15) is 0 Å². The second kappa shape index (κ2) is 14.4. The second-order valence-corrected chi connectivity index (χ2v) is 15.9. The van der Waals surface area contributed by atoms with Crippen LogP contribution in [-0.4, -0.2) is 19.9 Å². The first-order valence-electron chi connectivity index (χ1n) is 19.7. The van der Waals surface area contributed by atoms with Crippen LogP contribution in [0.25, 0.3) is 78.8 Å². The molecule has 6 aromatic carbocycles. The Kier molecular flexibility index (Phi) is 8.49. The Bertz CT molecular complexity index is 3140. The Morgan fingerprint density at radius 1 is 0.414 bits per heavy atom. The summed E-state index contributed by atoms with van der Waals surface area (Å²) in [4.78, 5) is 20.7. The molecule has 2 aliphatic heterocycles. The highest BCUT2D eigenvalue weighted by molar-refractivity contribution is 7.41. The Labute approximate surface area is 338 Å². The van der Waals surface area contributed by atoms with E-state index >= 15 is 0 Å². The highest BCUT2D eigenvalue weighted by atomic mass is 31.0. The molecule has 0 saturated heterocycles. The van der Waals surface area contributed by atoms with E-state index in [2.05, 4.69) is 164 Å². The average molecular weight is 759 g/mol. The molecule has 272 valence electrons. The molecule has 0 spiro atoms. The topological polar surface area (TPSA) is 51.6 Å². The number of fused-ring (bicyclic) bond motifs is 7. The average Bonchev–Trinajstić information content (AvgIpc) is 3.62. The van der Waals surface area contributed by atoms with Gasteiger partial charge in [0, 0.05) is 49.7 Å². The maximum absolute atomic E-state index is 5.60. The van der Waals surface area contributed by atoms with Crippen molar-refractivity contribution in [1.82, 2.24) is 19.9 Å². The lowest BCUT2D eigenvalue weighted by Gasteiger charge is -2.18. The summed E-state index contributed by atoms with van der Waals surface area (Å²) in [5.41, 5.74) is 11.3. The van der Waals surface area contributed by atoms with E-state index < -0.39 is 0 Å². The van der Waals surface area contributed by atoms with Crippen LogP contribution < -0.4 is 10.6 Å². The first-order valence-corrected chi connectivity index (χ1v) is 20.6. The van der Waals surface area contributed by atoms with Crippen molar-refractivity contribution in [2.45, 2.75) is 11.8 Å². The van der Waals surface area contributed by atoms with Gasteiger partial charge in [0.05, 0.1) is 11.0 Å². The molecule has 11 rings (SSSR count). The molecule has 2 atom stereocenters. The molecule has 5 heteroatoms. The number of hydrogen-bond acceptors (Lipinski definition) is 4. The van der Waals surface area contributed by atoms with Crippen LogP contribution in [-0.2, 0) is 0 Å². The molecule has 7 aromatic rings. The second-order valence-electron chi connectivity index (χ2n) is 14.8. The SMILES string of the molecule is C1=CC(c2ccccc2)c2c3c4ccccc4pc-3c3c(nc2=C1)C(c1ccc(-c2nc(-c4ccccc4)nc(-c4ccc(-c5ccccc5)cc4)n2)cc1)C=CC=3. The van der Waals surface area contributed by atoms with Crippen molar-refractivity contribution in [1.29, 1.82) is 0 Å². The lowest BCUT2D eigenvalue weighted by Crippen LogP contribution is -2.22. The number of nitrogens with zero attached hydrogens (tertiary/aromatic N) is 4. The fourth-order valence-electron chi connectivity index (χ4n) is 8.44. The van der Waals surface area contributed by atoms with Crippen LogP contribution in [0.5, 0.6) is 0 Å². The summed E-state index contributed by atoms with van der Waals surface area (Å²) in [6, 6.07) is 57.4. The molecule has 58 heavy (non-hydrogen) atoms. The summed E-state index contributed by atoms with van der Waals surface area (Å²) in [6.45, 7) is 0. The molecule has 1 aromatic heterocycles. The van der Waals surface area contributed by atoms with E-state index in [1.54, 1.807) is 0 Å². The molecule has 0 radical (unpaired) electrons. The minimum atomic E-state index is -0.0278. The summed E-state index contributed by atoms with van der Waals surface area (Å²) < 4.78 is 0. The lowest BCUT2D eigenvalue weighted by molar-refractivity contribution is 0.918. The standard InChI is InChI=1S/C53H35N4P/c1-4-14-34(15-5-1)35-26-30-39(31-27-35)52-55-51(38-18-8-3-9-19-38)56-53(57-52)40-32-28-37(29-33-40)42-22-12-23-44-49(42)54-45-24-13-21-41(36-16-6-2-7-17-36)47(45)48-43-20-10-11-25-46(43)58-50(44)48/h1-33,41-42H. The highest BCUT2D eigenvalue weighted by Crippen LogP contribution is 2.46. The van der Waals surface area contributed by atoms with Crippen molar-refractivity contribution in [2.75, 3.05) is 0 Å². The Balaban J connectivity index is 1.02. The number of benzene rings is 6. The van der Waals surface area contributed by atoms with Gasteiger partial charge in [0.25, 0.3) is 0 Å². The zero-order valence-corrected chi connectivity index (χ0v) is 32.3. The van der Waals surface area contributed by atoms with E-state index in [-0.39, 0.29) is 11.8 Å². The van der Waals surface area contributed by atoms with E-state index in [0.29, 0.717) is 17.5 Å². The van der Waals surface area contributed by atoms with Crippen LogP contribution in [0.2, 0.25) is 0 Å². The van der Waals surface area contributed by atoms with Crippen molar-refractivity contribution in [3.05, 3.63) is 221 Å². The zero-order valence-electron chi connectivity index (χ0n) is 31.4. The van der Waals surface area contributed by atoms with Crippen molar-refractivity contribution in [3.63, 3.8) is 0 Å². The predicted molar refractivity (Wildman–Crippen MR) is 239 cm³/mol. The van der Waals surface area contributed by atoms with E-state index in [1.807, 2.05) is 36.4 Å². The number of hydrogen-bond donors (Lipinski definition) is 0. The van der Waals surface area contributed by atoms with Crippen molar-refractivity contribution < 1.29 is 0 Å². The molecule has 4 nitrogen and oxygen atoms in total. The van der Waals surface area contributed by atoms with E-state index in [0.717, 1.165) is 33.3 Å². The van der Waals surface area contributed by atoms with E-state index in [9.17, 15) is 0 Å². The van der Waals surface area contributed by atoms with Crippen molar-refractivity contribution >= 4 is 30.8 Å². The molecular formula is C53H35N4P. The summed E-state index contributed by atoms with van der Waals surface area (Å²) >= 11 is 0. The Morgan fingerprint density at radius 2 is 0.914 bits per heavy atom. The van der Waals surface area contributed by atoms with Crippen molar-refractivity contribution in [3.8, 4) is 56.1 Å². The Hall–Kier alpha value is -7.13. The van der Waals surface area contributed by atoms with Gasteiger partial charge >= 0.3 is 0 Å². The molecule has 3 heterocycles. The predicted octanol–water partition coefficient (Wildman–Crippen LogP) is 11.7. The first-order chi connectivity index (χ1) is 28.7. The third kappa shape index (κ3) is 6.07. The van der Waals surface area contributed by atoms with Gasteiger partial charge in [-0.15, -0.1) is 0 Å². The molecule has 2 unspecified atom stereocenters. The van der Waals surface area contributed by atoms with Gasteiger partial charge in [-0.1, -0.05) is 196 Å². The molecule has 0 fully saturated rings. The fourth-order valence-corrected chi connectivity index (χ4v) is 9.81. The molecular weight excluding hydrogens is 724 g/mol. The lowest BCUT2D eigenvalue weighted by atomic mass is 9.85. The minimum Gasteiger partial charge on any atom is -0.251 e. The van der Waals surface area contributed by atoms with Crippen LogP contribution >= 0.6 is 8.19 Å². The monoisotopic (exact) mass is 758 g/mol. The number of allylic oxidation sites excluding steroid dienone is 4. The minimum absolute atomic E-state index is 0.0278.